The van der Waals surface area contributed by atoms with Crippen molar-refractivity contribution in [2.24, 2.45) is 0 Å². The number of methoxy groups -OCH3 is 1. The second-order valence-electron chi connectivity index (χ2n) is 9.34. The first-order valence-electron chi connectivity index (χ1n) is 13.0. The molecule has 0 bridgehead atoms. The first-order chi connectivity index (χ1) is 18.6. The lowest BCUT2D eigenvalue weighted by Crippen LogP contribution is -2.60. The van der Waals surface area contributed by atoms with Crippen LogP contribution in [0.25, 0.3) is 0 Å². The van der Waals surface area contributed by atoms with Gasteiger partial charge >= 0.3 is 5.97 Å². The molecule has 1 saturated heterocycles. The van der Waals surface area contributed by atoms with E-state index in [0.717, 1.165) is 16.7 Å². The Morgan fingerprint density at radius 1 is 0.737 bits per heavy atom. The van der Waals surface area contributed by atoms with Crippen LogP contribution in [-0.4, -0.2) is 55.3 Å². The minimum absolute atomic E-state index is 0.122. The Bertz CT molecular complexity index is 1080. The van der Waals surface area contributed by atoms with Crippen molar-refractivity contribution in [1.82, 2.24) is 0 Å². The average Bonchev–Trinajstić information content (AvgIpc) is 2.97. The average molecular weight is 521 g/mol. The summed E-state index contributed by atoms with van der Waals surface area (Å²) in [7, 11) is 1.35. The number of rotatable bonds is 13. The minimum Gasteiger partial charge on any atom is -0.469 e. The van der Waals surface area contributed by atoms with E-state index < -0.39 is 30.5 Å². The van der Waals surface area contributed by atoms with Crippen molar-refractivity contribution in [2.45, 2.75) is 63.2 Å². The summed E-state index contributed by atoms with van der Waals surface area (Å²) in [5.74, 6) is -0.359. The molecule has 1 fully saturated rings. The normalized spacial score (nSPS) is 23.2. The van der Waals surface area contributed by atoms with Crippen LogP contribution in [0.3, 0.4) is 0 Å². The second kappa shape index (κ2) is 14.8. The summed E-state index contributed by atoms with van der Waals surface area (Å²) in [6.07, 6.45) is -3.05. The number of hydrogen-bond acceptors (Lipinski definition) is 7. The summed E-state index contributed by atoms with van der Waals surface area (Å²) >= 11 is 0. The highest BCUT2D eigenvalue weighted by Crippen LogP contribution is 2.30. The standard InChI is InChI=1S/C31H36O7/c1-34-28(32)18-17-26-29(33)31(37-21-25-15-9-4-10-16-25)30(36-20-24-13-7-3-8-14-24)27(38-26)22-35-19-23-11-5-2-6-12-23/h2-16,26-27,29-31,33H,17-22H2,1H3/t26-,27-,29+,30-,31-/m1/s1. The number of ether oxygens (including phenoxy) is 5. The molecule has 1 heterocycles. The highest BCUT2D eigenvalue weighted by Gasteiger charge is 2.46. The van der Waals surface area contributed by atoms with E-state index in [1.807, 2.05) is 91.0 Å². The molecule has 7 nitrogen and oxygen atoms in total. The molecule has 0 saturated carbocycles. The number of carbonyl (C=O) groups excluding carboxylic acids is 1. The molecule has 7 heteroatoms. The second-order valence-corrected chi connectivity index (χ2v) is 9.34. The van der Waals surface area contributed by atoms with Crippen molar-refractivity contribution in [3.63, 3.8) is 0 Å². The maximum Gasteiger partial charge on any atom is 0.305 e. The van der Waals surface area contributed by atoms with Crippen LogP contribution in [0, 0.1) is 0 Å². The topological polar surface area (TPSA) is 83.5 Å². The number of benzene rings is 3. The lowest BCUT2D eigenvalue weighted by Gasteiger charge is -2.44. The van der Waals surface area contributed by atoms with E-state index in [-0.39, 0.29) is 19.0 Å². The predicted octanol–water partition coefficient (Wildman–Crippen LogP) is 4.46. The van der Waals surface area contributed by atoms with E-state index >= 15 is 0 Å². The summed E-state index contributed by atoms with van der Waals surface area (Å²) in [6, 6.07) is 29.5. The molecule has 0 spiro atoms. The molecule has 5 atom stereocenters. The fourth-order valence-electron chi connectivity index (χ4n) is 4.53. The van der Waals surface area contributed by atoms with Crippen LogP contribution in [0.1, 0.15) is 29.5 Å². The molecular formula is C31H36O7. The van der Waals surface area contributed by atoms with Crippen LogP contribution in [0.5, 0.6) is 0 Å². The molecule has 3 aromatic carbocycles. The van der Waals surface area contributed by atoms with E-state index in [2.05, 4.69) is 0 Å². The van der Waals surface area contributed by atoms with Crippen LogP contribution < -0.4 is 0 Å². The molecule has 0 aliphatic carbocycles. The van der Waals surface area contributed by atoms with Gasteiger partial charge in [-0.1, -0.05) is 91.0 Å². The Hall–Kier alpha value is -3.07. The lowest BCUT2D eigenvalue weighted by atomic mass is 9.92. The Kier molecular flexibility index (Phi) is 10.9. The largest absolute Gasteiger partial charge is 0.469 e. The molecule has 1 aliphatic heterocycles. The maximum absolute atomic E-state index is 11.8. The third-order valence-electron chi connectivity index (χ3n) is 6.58. The SMILES string of the molecule is COC(=O)CC[C@H]1O[C@H](COCc2ccccc2)[C@@H](OCc2ccccc2)[C@H](OCc2ccccc2)[C@H]1O. The van der Waals surface area contributed by atoms with Crippen LogP contribution in [0.2, 0.25) is 0 Å². The first kappa shape index (κ1) is 28.0. The fraction of sp³-hybridized carbons (Fsp3) is 0.387. The maximum atomic E-state index is 11.8. The third kappa shape index (κ3) is 8.21. The van der Waals surface area contributed by atoms with Crippen LogP contribution in [0.15, 0.2) is 91.0 Å². The zero-order valence-corrected chi connectivity index (χ0v) is 21.7. The highest BCUT2D eigenvalue weighted by atomic mass is 16.6. The van der Waals surface area contributed by atoms with Gasteiger partial charge in [0.25, 0.3) is 0 Å². The van der Waals surface area contributed by atoms with Crippen molar-refractivity contribution in [2.75, 3.05) is 13.7 Å². The molecular weight excluding hydrogens is 484 g/mol. The number of esters is 1. The summed E-state index contributed by atoms with van der Waals surface area (Å²) in [4.78, 5) is 11.8. The van der Waals surface area contributed by atoms with Crippen molar-refractivity contribution in [3.05, 3.63) is 108 Å². The Morgan fingerprint density at radius 2 is 1.24 bits per heavy atom. The lowest BCUT2D eigenvalue weighted by molar-refractivity contribution is -0.262. The van der Waals surface area contributed by atoms with Gasteiger partial charge in [0.05, 0.1) is 39.6 Å². The van der Waals surface area contributed by atoms with Gasteiger partial charge in [-0.3, -0.25) is 4.79 Å². The molecule has 1 N–H and O–H groups in total. The van der Waals surface area contributed by atoms with E-state index in [0.29, 0.717) is 26.2 Å². The van der Waals surface area contributed by atoms with Crippen molar-refractivity contribution in [3.8, 4) is 0 Å². The summed E-state index contributed by atoms with van der Waals surface area (Å²) in [5, 5.41) is 11.4. The van der Waals surface area contributed by atoms with Crippen molar-refractivity contribution < 1.29 is 33.6 Å². The quantitative estimate of drug-likeness (QED) is 0.333. The van der Waals surface area contributed by atoms with Crippen molar-refractivity contribution in [1.29, 1.82) is 0 Å². The van der Waals surface area contributed by atoms with Gasteiger partial charge in [-0.05, 0) is 23.1 Å². The van der Waals surface area contributed by atoms with Gasteiger partial charge in [0.15, 0.2) is 0 Å². The van der Waals surface area contributed by atoms with Crippen molar-refractivity contribution >= 4 is 5.97 Å². The van der Waals surface area contributed by atoms with E-state index in [1.165, 1.54) is 7.11 Å². The number of carbonyl (C=O) groups is 1. The van der Waals surface area contributed by atoms with Gasteiger partial charge < -0.3 is 28.8 Å². The first-order valence-corrected chi connectivity index (χ1v) is 13.0. The fourth-order valence-corrected chi connectivity index (χ4v) is 4.53. The van der Waals surface area contributed by atoms with E-state index in [9.17, 15) is 9.90 Å². The molecule has 4 rings (SSSR count). The Balaban J connectivity index is 1.52. The molecule has 38 heavy (non-hydrogen) atoms. The van der Waals surface area contributed by atoms with Gasteiger partial charge in [-0.15, -0.1) is 0 Å². The predicted molar refractivity (Wildman–Crippen MR) is 142 cm³/mol. The van der Waals surface area contributed by atoms with E-state index in [1.54, 1.807) is 0 Å². The Morgan fingerprint density at radius 3 is 1.76 bits per heavy atom. The van der Waals surface area contributed by atoms with Gasteiger partial charge in [0, 0.05) is 6.42 Å². The molecule has 202 valence electrons. The van der Waals surface area contributed by atoms with Gasteiger partial charge in [-0.2, -0.15) is 0 Å². The zero-order valence-electron chi connectivity index (χ0n) is 21.7. The number of aliphatic hydroxyl groups excluding tert-OH is 1. The Labute approximate surface area is 224 Å². The van der Waals surface area contributed by atoms with Gasteiger partial charge in [0.2, 0.25) is 0 Å². The van der Waals surface area contributed by atoms with E-state index in [4.69, 9.17) is 23.7 Å². The number of aliphatic hydroxyl groups is 1. The number of hydrogen-bond donors (Lipinski definition) is 1. The zero-order chi connectivity index (χ0) is 26.6. The van der Waals surface area contributed by atoms with Crippen LogP contribution >= 0.6 is 0 Å². The summed E-state index contributed by atoms with van der Waals surface area (Å²) in [6.45, 7) is 1.28. The highest BCUT2D eigenvalue weighted by molar-refractivity contribution is 5.69. The molecule has 0 unspecified atom stereocenters. The van der Waals surface area contributed by atoms with Crippen LogP contribution in [-0.2, 0) is 48.3 Å². The third-order valence-corrected chi connectivity index (χ3v) is 6.58. The molecule has 0 radical (unpaired) electrons. The summed E-state index contributed by atoms with van der Waals surface area (Å²) in [5.41, 5.74) is 3.03. The molecule has 1 aliphatic rings. The molecule has 3 aromatic rings. The van der Waals surface area contributed by atoms with Gasteiger partial charge in [-0.25, -0.2) is 0 Å². The molecule has 0 aromatic heterocycles. The smallest absolute Gasteiger partial charge is 0.305 e. The van der Waals surface area contributed by atoms with Gasteiger partial charge in [0.1, 0.15) is 24.4 Å². The van der Waals surface area contributed by atoms with Crippen LogP contribution in [0.4, 0.5) is 0 Å². The minimum atomic E-state index is -1.01. The monoisotopic (exact) mass is 520 g/mol. The summed E-state index contributed by atoms with van der Waals surface area (Å²) < 4.78 is 29.9. The molecule has 0 amide bonds.